The summed E-state index contributed by atoms with van der Waals surface area (Å²) in [4.78, 5) is 27.9. The van der Waals surface area contributed by atoms with Crippen molar-refractivity contribution in [1.82, 2.24) is 29.9 Å². The third kappa shape index (κ3) is 4.37. The molecular formula is C34H20N6O2. The number of hydrogen-bond donors (Lipinski definition) is 0. The predicted molar refractivity (Wildman–Crippen MR) is 160 cm³/mol. The number of para-hydroxylation sites is 4. The minimum Gasteiger partial charge on any atom is -0.436 e. The predicted octanol–water partition coefficient (Wildman–Crippen LogP) is 7.88. The average Bonchev–Trinajstić information content (AvgIpc) is 3.70. The van der Waals surface area contributed by atoms with Crippen molar-refractivity contribution in [2.24, 2.45) is 0 Å². The summed E-state index contributed by atoms with van der Waals surface area (Å²) in [5, 5.41) is 0. The van der Waals surface area contributed by atoms with E-state index in [-0.39, 0.29) is 0 Å². The van der Waals surface area contributed by atoms with Crippen molar-refractivity contribution >= 4 is 22.2 Å². The first-order chi connectivity index (χ1) is 20.8. The average molecular weight is 545 g/mol. The third-order valence-corrected chi connectivity index (χ3v) is 6.92. The largest absolute Gasteiger partial charge is 0.436 e. The number of oxazole rings is 2. The molecule has 8 nitrogen and oxygen atoms in total. The van der Waals surface area contributed by atoms with Crippen LogP contribution in [0.4, 0.5) is 0 Å². The summed E-state index contributed by atoms with van der Waals surface area (Å²) >= 11 is 0. The van der Waals surface area contributed by atoms with Gasteiger partial charge in [0.25, 0.3) is 0 Å². The van der Waals surface area contributed by atoms with Crippen LogP contribution in [0.1, 0.15) is 0 Å². The van der Waals surface area contributed by atoms with Gasteiger partial charge >= 0.3 is 0 Å². The Morgan fingerprint density at radius 3 is 1.29 bits per heavy atom. The molecule has 0 bridgehead atoms. The molecule has 8 heteroatoms. The zero-order valence-electron chi connectivity index (χ0n) is 22.0. The molecule has 0 saturated heterocycles. The Balaban J connectivity index is 1.17. The van der Waals surface area contributed by atoms with Crippen molar-refractivity contribution < 1.29 is 8.83 Å². The molecule has 0 fully saturated rings. The molecule has 8 rings (SSSR count). The van der Waals surface area contributed by atoms with Crippen molar-refractivity contribution in [3.05, 3.63) is 122 Å². The van der Waals surface area contributed by atoms with Crippen LogP contribution in [0.2, 0.25) is 0 Å². The molecule has 0 atom stereocenters. The van der Waals surface area contributed by atoms with Gasteiger partial charge in [0.05, 0.1) is 0 Å². The molecule has 4 heterocycles. The van der Waals surface area contributed by atoms with Gasteiger partial charge in [-0.2, -0.15) is 0 Å². The van der Waals surface area contributed by atoms with Gasteiger partial charge in [-0.15, -0.1) is 0 Å². The van der Waals surface area contributed by atoms with E-state index in [9.17, 15) is 0 Å². The molecule has 198 valence electrons. The Morgan fingerprint density at radius 2 is 0.833 bits per heavy atom. The number of aromatic nitrogens is 6. The zero-order valence-corrected chi connectivity index (χ0v) is 22.0. The highest BCUT2D eigenvalue weighted by Gasteiger charge is 2.15. The van der Waals surface area contributed by atoms with Crippen LogP contribution in [-0.4, -0.2) is 29.9 Å². The van der Waals surface area contributed by atoms with E-state index in [4.69, 9.17) is 23.8 Å². The number of hydrogen-bond acceptors (Lipinski definition) is 8. The molecule has 8 aromatic rings. The van der Waals surface area contributed by atoms with Gasteiger partial charge in [-0.3, -0.25) is 4.98 Å². The number of benzene rings is 4. The second kappa shape index (κ2) is 9.87. The summed E-state index contributed by atoms with van der Waals surface area (Å²) in [5.74, 6) is 2.76. The van der Waals surface area contributed by atoms with Gasteiger partial charge in [-0.1, -0.05) is 48.5 Å². The maximum absolute atomic E-state index is 5.94. The molecule has 0 unspecified atom stereocenters. The van der Waals surface area contributed by atoms with E-state index in [0.717, 1.165) is 50.0 Å². The van der Waals surface area contributed by atoms with Gasteiger partial charge in [-0.05, 0) is 60.7 Å². The van der Waals surface area contributed by atoms with Gasteiger partial charge < -0.3 is 8.83 Å². The van der Waals surface area contributed by atoms with Crippen molar-refractivity contribution in [2.75, 3.05) is 0 Å². The second-order valence-electron chi connectivity index (χ2n) is 9.68. The smallest absolute Gasteiger partial charge is 0.227 e. The molecule has 0 amide bonds. The van der Waals surface area contributed by atoms with Gasteiger partial charge in [0.15, 0.2) is 28.6 Å². The first-order valence-electron chi connectivity index (χ1n) is 13.4. The van der Waals surface area contributed by atoms with Crippen LogP contribution in [0, 0.1) is 0 Å². The van der Waals surface area contributed by atoms with Crippen LogP contribution in [0.3, 0.4) is 0 Å². The van der Waals surface area contributed by atoms with Crippen LogP contribution < -0.4 is 0 Å². The minimum atomic E-state index is 0.536. The van der Waals surface area contributed by atoms with E-state index >= 15 is 0 Å². The summed E-state index contributed by atoms with van der Waals surface area (Å²) in [5.41, 5.74) is 7.36. The summed E-state index contributed by atoms with van der Waals surface area (Å²) in [6, 6.07) is 34.9. The molecule has 42 heavy (non-hydrogen) atoms. The van der Waals surface area contributed by atoms with E-state index in [1.807, 2.05) is 109 Å². The van der Waals surface area contributed by atoms with Crippen LogP contribution in [0.25, 0.3) is 79.3 Å². The Hall–Kier alpha value is -6.02. The zero-order chi connectivity index (χ0) is 27.9. The van der Waals surface area contributed by atoms with Gasteiger partial charge in [0.1, 0.15) is 11.0 Å². The molecule has 0 saturated carbocycles. The standard InChI is InChI=1S/C34H20N6O2/c1-3-9-28-26(7-1)36-33(41-28)23-15-11-21(12-16-23)30-38-31(40-32(39-30)25-6-5-19-35-20-25)22-13-17-24(18-14-22)34-37-27-8-2-4-10-29(27)42-34/h1-20H. The lowest BCUT2D eigenvalue weighted by molar-refractivity contribution is 0.619. The molecule has 0 N–H and O–H groups in total. The van der Waals surface area contributed by atoms with Crippen molar-refractivity contribution in [3.8, 4) is 57.1 Å². The first-order valence-corrected chi connectivity index (χ1v) is 13.4. The maximum Gasteiger partial charge on any atom is 0.227 e. The summed E-state index contributed by atoms with van der Waals surface area (Å²) in [6.07, 6.45) is 3.47. The molecule has 0 aliphatic rings. The highest BCUT2D eigenvalue weighted by Crippen LogP contribution is 2.30. The first kappa shape index (κ1) is 23.8. The topological polar surface area (TPSA) is 104 Å². The van der Waals surface area contributed by atoms with E-state index in [1.54, 1.807) is 12.4 Å². The molecule has 4 aromatic heterocycles. The van der Waals surface area contributed by atoms with Crippen molar-refractivity contribution in [3.63, 3.8) is 0 Å². The lowest BCUT2D eigenvalue weighted by Crippen LogP contribution is -2.00. The van der Waals surface area contributed by atoms with E-state index in [2.05, 4.69) is 15.0 Å². The Kier molecular flexibility index (Phi) is 5.60. The van der Waals surface area contributed by atoms with E-state index in [1.165, 1.54) is 0 Å². The Morgan fingerprint density at radius 1 is 0.381 bits per heavy atom. The molecule has 0 spiro atoms. The second-order valence-corrected chi connectivity index (χ2v) is 9.68. The SMILES string of the molecule is c1cncc(-c2nc(-c3ccc(-c4nc5ccccc5o4)cc3)nc(-c3ccc(-c4nc5ccccc5o4)cc3)n2)c1. The highest BCUT2D eigenvalue weighted by molar-refractivity contribution is 5.78. The molecular weight excluding hydrogens is 524 g/mol. The molecule has 0 aliphatic carbocycles. The monoisotopic (exact) mass is 544 g/mol. The summed E-state index contributed by atoms with van der Waals surface area (Å²) in [6.45, 7) is 0. The highest BCUT2D eigenvalue weighted by atomic mass is 16.4. The fourth-order valence-electron chi connectivity index (χ4n) is 4.77. The molecule has 0 radical (unpaired) electrons. The summed E-state index contributed by atoms with van der Waals surface area (Å²) in [7, 11) is 0. The maximum atomic E-state index is 5.94. The quantitative estimate of drug-likeness (QED) is 0.215. The summed E-state index contributed by atoms with van der Waals surface area (Å²) < 4.78 is 11.9. The minimum absolute atomic E-state index is 0.536. The van der Waals surface area contributed by atoms with Crippen LogP contribution in [0.15, 0.2) is 130 Å². The van der Waals surface area contributed by atoms with Gasteiger partial charge in [0, 0.05) is 40.2 Å². The fourth-order valence-corrected chi connectivity index (χ4v) is 4.77. The van der Waals surface area contributed by atoms with Crippen LogP contribution in [0.5, 0.6) is 0 Å². The molecule has 0 aliphatic heterocycles. The normalized spacial score (nSPS) is 11.3. The fraction of sp³-hybridized carbons (Fsp3) is 0. The van der Waals surface area contributed by atoms with Crippen LogP contribution >= 0.6 is 0 Å². The van der Waals surface area contributed by atoms with Gasteiger partial charge in [-0.25, -0.2) is 24.9 Å². The lowest BCUT2D eigenvalue weighted by atomic mass is 10.1. The third-order valence-electron chi connectivity index (χ3n) is 6.92. The van der Waals surface area contributed by atoms with Gasteiger partial charge in [0.2, 0.25) is 11.8 Å². The van der Waals surface area contributed by atoms with E-state index in [0.29, 0.717) is 29.3 Å². The number of pyridine rings is 1. The van der Waals surface area contributed by atoms with Crippen molar-refractivity contribution in [2.45, 2.75) is 0 Å². The number of rotatable bonds is 5. The lowest BCUT2D eigenvalue weighted by Gasteiger charge is -2.09. The number of nitrogens with zero attached hydrogens (tertiary/aromatic N) is 6. The van der Waals surface area contributed by atoms with Crippen molar-refractivity contribution in [1.29, 1.82) is 0 Å². The Bertz CT molecular complexity index is 1990. The number of fused-ring (bicyclic) bond motifs is 2. The molecule has 4 aromatic carbocycles. The van der Waals surface area contributed by atoms with Crippen LogP contribution in [-0.2, 0) is 0 Å². The Labute approximate surface area is 239 Å². The van der Waals surface area contributed by atoms with E-state index < -0.39 is 0 Å².